The fourth-order valence-electron chi connectivity index (χ4n) is 4.71. The van der Waals surface area contributed by atoms with Crippen molar-refractivity contribution in [3.63, 3.8) is 0 Å². The Hall–Kier alpha value is -0.480. The van der Waals surface area contributed by atoms with Gasteiger partial charge in [0.1, 0.15) is 48.8 Å². The molecule has 226 valence electrons. The molecule has 12 heteroatoms. The lowest BCUT2D eigenvalue weighted by atomic mass is 9.97. The Labute approximate surface area is 225 Å². The van der Waals surface area contributed by atoms with Crippen LogP contribution in [0.4, 0.5) is 0 Å². The van der Waals surface area contributed by atoms with E-state index in [0.29, 0.717) is 6.61 Å². The molecule has 0 amide bonds. The first-order valence-electron chi connectivity index (χ1n) is 14.1. The van der Waals surface area contributed by atoms with Crippen LogP contribution < -0.4 is 0 Å². The van der Waals surface area contributed by atoms with E-state index in [-0.39, 0.29) is 13.2 Å². The normalized spacial score (nSPS) is 36.0. The van der Waals surface area contributed by atoms with E-state index in [9.17, 15) is 35.7 Å². The molecule has 2 saturated heterocycles. The number of hydrogen-bond acceptors (Lipinski definition) is 12. The molecular formula is C26H50O12. The lowest BCUT2D eigenvalue weighted by Gasteiger charge is -2.45. The van der Waals surface area contributed by atoms with Crippen molar-refractivity contribution in [3.05, 3.63) is 0 Å². The second kappa shape index (κ2) is 18.8. The van der Waals surface area contributed by atoms with Gasteiger partial charge in [-0.3, -0.25) is 0 Å². The molecule has 0 spiro atoms. The van der Waals surface area contributed by atoms with E-state index in [0.717, 1.165) is 12.8 Å². The molecule has 0 aromatic heterocycles. The standard InChI is InChI=1S/C26H50O12/c1-2-3-4-5-6-7-8-9-10-11-12-34-13-14-35-25-23(33)21(31)24(18(16-28)37-25)38-26-22(32)20(30)19(29)17(15-27)36-26/h17-33H,2-16H2,1H3/t17-,18-,19+,20+,21-,22-,23-,24-,25+,26+/m1/s1. The SMILES string of the molecule is CCCCCCCCCCCCOCCO[C@H]1O[C@H](CO)[C@@H](O[C@@H]2O[C@H](CO)[C@H](O)[C@H](O)[C@H]2O)[C@H](O)[C@H]1O. The molecule has 7 N–H and O–H groups in total. The Kier molecular flexibility index (Phi) is 16.7. The van der Waals surface area contributed by atoms with Crippen LogP contribution in [0.2, 0.25) is 0 Å². The van der Waals surface area contributed by atoms with E-state index >= 15 is 0 Å². The van der Waals surface area contributed by atoms with Crippen LogP contribution in [-0.2, 0) is 23.7 Å². The quantitative estimate of drug-likeness (QED) is 0.102. The van der Waals surface area contributed by atoms with Crippen molar-refractivity contribution < 1.29 is 59.4 Å². The monoisotopic (exact) mass is 554 g/mol. The minimum absolute atomic E-state index is 0.0998. The molecule has 0 saturated carbocycles. The molecule has 38 heavy (non-hydrogen) atoms. The van der Waals surface area contributed by atoms with Crippen molar-refractivity contribution in [2.75, 3.05) is 33.0 Å². The molecule has 0 aromatic rings. The van der Waals surface area contributed by atoms with E-state index < -0.39 is 74.6 Å². The van der Waals surface area contributed by atoms with Gasteiger partial charge in [-0.05, 0) is 6.42 Å². The van der Waals surface area contributed by atoms with Gasteiger partial charge < -0.3 is 59.4 Å². The molecule has 2 heterocycles. The second-order valence-corrected chi connectivity index (χ2v) is 10.2. The van der Waals surface area contributed by atoms with Crippen LogP contribution in [0.1, 0.15) is 71.1 Å². The summed E-state index contributed by atoms with van der Waals surface area (Å²) in [6.45, 7) is 1.93. The molecule has 12 nitrogen and oxygen atoms in total. The highest BCUT2D eigenvalue weighted by molar-refractivity contribution is 4.94. The highest BCUT2D eigenvalue weighted by Crippen LogP contribution is 2.29. The maximum Gasteiger partial charge on any atom is 0.187 e. The van der Waals surface area contributed by atoms with Crippen molar-refractivity contribution in [2.45, 2.75) is 133 Å². The van der Waals surface area contributed by atoms with Gasteiger partial charge in [0.25, 0.3) is 0 Å². The summed E-state index contributed by atoms with van der Waals surface area (Å²) >= 11 is 0. The molecule has 2 aliphatic heterocycles. The maximum absolute atomic E-state index is 10.6. The van der Waals surface area contributed by atoms with Crippen molar-refractivity contribution in [3.8, 4) is 0 Å². The third-order valence-electron chi connectivity index (χ3n) is 7.11. The zero-order chi connectivity index (χ0) is 27.9. The third-order valence-corrected chi connectivity index (χ3v) is 7.11. The Morgan fingerprint density at radius 1 is 0.553 bits per heavy atom. The van der Waals surface area contributed by atoms with E-state index in [4.69, 9.17) is 23.7 Å². The highest BCUT2D eigenvalue weighted by atomic mass is 16.7. The highest BCUT2D eigenvalue weighted by Gasteiger charge is 2.50. The summed E-state index contributed by atoms with van der Waals surface area (Å²) in [5.74, 6) is 0. The summed E-state index contributed by atoms with van der Waals surface area (Å²) in [7, 11) is 0. The summed E-state index contributed by atoms with van der Waals surface area (Å²) in [5, 5.41) is 70.2. The molecule has 2 fully saturated rings. The summed E-state index contributed by atoms with van der Waals surface area (Å²) < 4.78 is 27.5. The first-order valence-corrected chi connectivity index (χ1v) is 14.1. The van der Waals surface area contributed by atoms with Gasteiger partial charge in [-0.25, -0.2) is 0 Å². The van der Waals surface area contributed by atoms with Gasteiger partial charge in [0.05, 0.1) is 26.4 Å². The minimum Gasteiger partial charge on any atom is -0.394 e. The molecule has 0 aliphatic carbocycles. The molecule has 0 bridgehead atoms. The van der Waals surface area contributed by atoms with Crippen LogP contribution in [0.5, 0.6) is 0 Å². The molecular weight excluding hydrogens is 504 g/mol. The predicted molar refractivity (Wildman–Crippen MR) is 135 cm³/mol. The van der Waals surface area contributed by atoms with Crippen molar-refractivity contribution in [1.82, 2.24) is 0 Å². The fourth-order valence-corrected chi connectivity index (χ4v) is 4.71. The summed E-state index contributed by atoms with van der Waals surface area (Å²) in [5.41, 5.74) is 0. The van der Waals surface area contributed by atoms with Gasteiger partial charge in [0, 0.05) is 6.61 Å². The average Bonchev–Trinajstić information content (AvgIpc) is 2.92. The van der Waals surface area contributed by atoms with E-state index in [1.807, 2.05) is 0 Å². The Morgan fingerprint density at radius 2 is 1.11 bits per heavy atom. The smallest absolute Gasteiger partial charge is 0.187 e. The first kappa shape index (κ1) is 33.7. The number of ether oxygens (including phenoxy) is 5. The molecule has 2 rings (SSSR count). The lowest BCUT2D eigenvalue weighted by Crippen LogP contribution is -2.64. The largest absolute Gasteiger partial charge is 0.394 e. The molecule has 0 radical (unpaired) electrons. The van der Waals surface area contributed by atoms with Crippen LogP contribution >= 0.6 is 0 Å². The first-order chi connectivity index (χ1) is 18.3. The van der Waals surface area contributed by atoms with Crippen LogP contribution in [0, 0.1) is 0 Å². The van der Waals surface area contributed by atoms with Gasteiger partial charge in [0.15, 0.2) is 12.6 Å². The van der Waals surface area contributed by atoms with Crippen molar-refractivity contribution >= 4 is 0 Å². The van der Waals surface area contributed by atoms with Crippen LogP contribution in [0.15, 0.2) is 0 Å². The average molecular weight is 555 g/mol. The maximum atomic E-state index is 10.6. The van der Waals surface area contributed by atoms with Gasteiger partial charge in [0.2, 0.25) is 0 Å². The number of aliphatic hydroxyl groups excluding tert-OH is 7. The third kappa shape index (κ3) is 10.5. The van der Waals surface area contributed by atoms with Crippen LogP contribution in [-0.4, -0.2) is 130 Å². The van der Waals surface area contributed by atoms with E-state index in [2.05, 4.69) is 6.92 Å². The van der Waals surface area contributed by atoms with Crippen LogP contribution in [0.3, 0.4) is 0 Å². The number of rotatable bonds is 19. The molecule has 0 unspecified atom stereocenters. The topological polar surface area (TPSA) is 188 Å². The van der Waals surface area contributed by atoms with Crippen molar-refractivity contribution in [1.29, 1.82) is 0 Å². The number of aliphatic hydroxyl groups is 7. The van der Waals surface area contributed by atoms with Crippen LogP contribution in [0.25, 0.3) is 0 Å². The van der Waals surface area contributed by atoms with E-state index in [1.165, 1.54) is 51.4 Å². The van der Waals surface area contributed by atoms with E-state index in [1.54, 1.807) is 0 Å². The fraction of sp³-hybridized carbons (Fsp3) is 1.00. The van der Waals surface area contributed by atoms with Gasteiger partial charge in [-0.1, -0.05) is 64.7 Å². The zero-order valence-electron chi connectivity index (χ0n) is 22.6. The molecule has 0 aromatic carbocycles. The van der Waals surface area contributed by atoms with Gasteiger partial charge >= 0.3 is 0 Å². The molecule has 2 aliphatic rings. The Balaban J connectivity index is 1.64. The number of hydrogen-bond donors (Lipinski definition) is 7. The summed E-state index contributed by atoms with van der Waals surface area (Å²) in [6, 6.07) is 0. The molecule has 10 atom stereocenters. The summed E-state index contributed by atoms with van der Waals surface area (Å²) in [6.07, 6.45) is -2.25. The lowest BCUT2D eigenvalue weighted by molar-refractivity contribution is -0.359. The minimum atomic E-state index is -1.71. The Morgan fingerprint density at radius 3 is 1.71 bits per heavy atom. The van der Waals surface area contributed by atoms with Gasteiger partial charge in [-0.15, -0.1) is 0 Å². The predicted octanol–water partition coefficient (Wildman–Crippen LogP) is -0.435. The van der Waals surface area contributed by atoms with Crippen molar-refractivity contribution in [2.24, 2.45) is 0 Å². The summed E-state index contributed by atoms with van der Waals surface area (Å²) in [4.78, 5) is 0. The number of unbranched alkanes of at least 4 members (excludes halogenated alkanes) is 9. The second-order valence-electron chi connectivity index (χ2n) is 10.2. The Bertz CT molecular complexity index is 595. The zero-order valence-corrected chi connectivity index (χ0v) is 22.6. The van der Waals surface area contributed by atoms with Gasteiger partial charge in [-0.2, -0.15) is 0 Å².